The van der Waals surface area contributed by atoms with Gasteiger partial charge < -0.3 is 4.74 Å². The number of aromatic nitrogens is 1. The van der Waals surface area contributed by atoms with E-state index in [1.807, 2.05) is 13.8 Å². The average Bonchev–Trinajstić information content (AvgIpc) is 2.28. The summed E-state index contributed by atoms with van der Waals surface area (Å²) in [5.41, 5.74) is 1.41. The maximum atomic E-state index is 11.6. The highest BCUT2D eigenvalue weighted by atomic mass is 16.5. The molecule has 92 valence electrons. The van der Waals surface area contributed by atoms with E-state index in [0.29, 0.717) is 12.3 Å². The van der Waals surface area contributed by atoms with Crippen LogP contribution in [0.5, 0.6) is 0 Å². The lowest BCUT2D eigenvalue weighted by Crippen LogP contribution is -2.11. The summed E-state index contributed by atoms with van der Waals surface area (Å²) >= 11 is 0. The van der Waals surface area contributed by atoms with Crippen LogP contribution in [-0.2, 0) is 4.74 Å². The highest BCUT2D eigenvalue weighted by Crippen LogP contribution is 2.17. The van der Waals surface area contributed by atoms with Crippen molar-refractivity contribution >= 4 is 11.8 Å². The van der Waals surface area contributed by atoms with Crippen molar-refractivity contribution in [3.8, 4) is 0 Å². The fourth-order valence-corrected chi connectivity index (χ4v) is 1.38. The van der Waals surface area contributed by atoms with E-state index in [1.165, 1.54) is 6.92 Å². The first-order chi connectivity index (χ1) is 7.95. The summed E-state index contributed by atoms with van der Waals surface area (Å²) in [4.78, 5) is 26.9. The topological polar surface area (TPSA) is 56.3 Å². The monoisotopic (exact) mass is 235 g/mol. The summed E-state index contributed by atoms with van der Waals surface area (Å²) in [5, 5.41) is 0. The van der Waals surface area contributed by atoms with Crippen LogP contribution in [0.4, 0.5) is 0 Å². The van der Waals surface area contributed by atoms with E-state index in [0.717, 1.165) is 5.56 Å². The summed E-state index contributed by atoms with van der Waals surface area (Å²) in [6, 6.07) is 3.39. The van der Waals surface area contributed by atoms with Crippen LogP contribution in [0.1, 0.15) is 60.2 Å². The molecule has 0 fully saturated rings. The van der Waals surface area contributed by atoms with Crippen molar-refractivity contribution in [3.63, 3.8) is 0 Å². The predicted octanol–water partition coefficient (Wildman–Crippen LogP) is 2.58. The molecule has 0 aliphatic rings. The first-order valence-corrected chi connectivity index (χ1v) is 5.65. The number of hydrogen-bond donors (Lipinski definition) is 0. The van der Waals surface area contributed by atoms with E-state index in [9.17, 15) is 9.59 Å². The summed E-state index contributed by atoms with van der Waals surface area (Å²) < 4.78 is 4.88. The van der Waals surface area contributed by atoms with Crippen molar-refractivity contribution in [2.75, 3.05) is 6.61 Å². The molecule has 1 rings (SSSR count). The van der Waals surface area contributed by atoms with Crippen LogP contribution < -0.4 is 0 Å². The van der Waals surface area contributed by atoms with E-state index in [2.05, 4.69) is 4.98 Å². The highest BCUT2D eigenvalue weighted by Gasteiger charge is 2.14. The number of pyridine rings is 1. The Kier molecular flexibility index (Phi) is 4.37. The van der Waals surface area contributed by atoms with E-state index < -0.39 is 5.97 Å². The van der Waals surface area contributed by atoms with Gasteiger partial charge in [-0.3, -0.25) is 4.79 Å². The molecular formula is C13H17NO3. The Morgan fingerprint density at radius 1 is 1.29 bits per heavy atom. The third kappa shape index (κ3) is 3.37. The zero-order valence-electron chi connectivity index (χ0n) is 10.6. The van der Waals surface area contributed by atoms with Gasteiger partial charge in [-0.05, 0) is 30.5 Å². The van der Waals surface area contributed by atoms with Gasteiger partial charge in [0.25, 0.3) is 0 Å². The Labute approximate surface area is 101 Å². The van der Waals surface area contributed by atoms with Gasteiger partial charge in [0.2, 0.25) is 0 Å². The summed E-state index contributed by atoms with van der Waals surface area (Å²) in [6.07, 6.45) is 0. The van der Waals surface area contributed by atoms with Crippen LogP contribution in [0.2, 0.25) is 0 Å². The summed E-state index contributed by atoms with van der Waals surface area (Å²) in [7, 11) is 0. The number of esters is 1. The fraction of sp³-hybridized carbons (Fsp3) is 0.462. The number of Topliss-reactive ketones (excluding diaryl/α,β-unsaturated/α-hetero) is 1. The van der Waals surface area contributed by atoms with E-state index in [-0.39, 0.29) is 17.4 Å². The lowest BCUT2D eigenvalue weighted by Gasteiger charge is -2.09. The lowest BCUT2D eigenvalue weighted by atomic mass is 10.0. The number of nitrogens with zero attached hydrogens (tertiary/aromatic N) is 1. The van der Waals surface area contributed by atoms with Gasteiger partial charge in [-0.2, -0.15) is 0 Å². The molecule has 0 radical (unpaired) electrons. The van der Waals surface area contributed by atoms with Gasteiger partial charge in [0, 0.05) is 6.92 Å². The molecule has 0 N–H and O–H groups in total. The molecule has 4 nitrogen and oxygen atoms in total. The number of ketones is 1. The van der Waals surface area contributed by atoms with E-state index in [4.69, 9.17) is 4.74 Å². The molecule has 0 bridgehead atoms. The minimum Gasteiger partial charge on any atom is -0.461 e. The molecule has 4 heteroatoms. The Morgan fingerprint density at radius 3 is 2.35 bits per heavy atom. The summed E-state index contributed by atoms with van der Waals surface area (Å²) in [6.45, 7) is 7.45. The average molecular weight is 235 g/mol. The van der Waals surface area contributed by atoms with Crippen molar-refractivity contribution in [1.82, 2.24) is 4.98 Å². The molecule has 0 saturated heterocycles. The molecular weight excluding hydrogens is 218 g/mol. The number of hydrogen-bond acceptors (Lipinski definition) is 4. The fourth-order valence-electron chi connectivity index (χ4n) is 1.38. The zero-order valence-corrected chi connectivity index (χ0v) is 10.6. The molecule has 0 aromatic carbocycles. The third-order valence-electron chi connectivity index (χ3n) is 2.36. The second kappa shape index (κ2) is 5.57. The number of carbonyl (C=O) groups is 2. The molecule has 0 unspecified atom stereocenters. The second-order valence-corrected chi connectivity index (χ2v) is 4.10. The Hall–Kier alpha value is -1.71. The number of carbonyl (C=O) groups excluding carboxylic acids is 2. The largest absolute Gasteiger partial charge is 0.461 e. The van der Waals surface area contributed by atoms with Gasteiger partial charge in [-0.15, -0.1) is 0 Å². The van der Waals surface area contributed by atoms with Crippen molar-refractivity contribution in [1.29, 1.82) is 0 Å². The Balaban J connectivity index is 3.21. The lowest BCUT2D eigenvalue weighted by molar-refractivity contribution is 0.0519. The maximum Gasteiger partial charge on any atom is 0.356 e. The maximum absolute atomic E-state index is 11.6. The van der Waals surface area contributed by atoms with E-state index >= 15 is 0 Å². The molecule has 1 aromatic rings. The van der Waals surface area contributed by atoms with Crippen molar-refractivity contribution in [2.24, 2.45) is 0 Å². The van der Waals surface area contributed by atoms with Crippen LogP contribution in [0.25, 0.3) is 0 Å². The van der Waals surface area contributed by atoms with Gasteiger partial charge in [0.05, 0.1) is 6.61 Å². The molecule has 0 aliphatic carbocycles. The molecule has 0 aliphatic heterocycles. The molecule has 0 atom stereocenters. The zero-order chi connectivity index (χ0) is 13.0. The molecule has 0 saturated carbocycles. The molecule has 1 aromatic heterocycles. The quantitative estimate of drug-likeness (QED) is 0.594. The minimum atomic E-state index is -0.488. The first kappa shape index (κ1) is 13.4. The predicted molar refractivity (Wildman–Crippen MR) is 64.3 cm³/mol. The van der Waals surface area contributed by atoms with Gasteiger partial charge >= 0.3 is 5.97 Å². The second-order valence-electron chi connectivity index (χ2n) is 4.10. The van der Waals surface area contributed by atoms with Gasteiger partial charge in [0.15, 0.2) is 5.78 Å². The Bertz CT molecular complexity index is 438. The minimum absolute atomic E-state index is 0.155. The van der Waals surface area contributed by atoms with Crippen LogP contribution in [0, 0.1) is 0 Å². The molecule has 1 heterocycles. The van der Waals surface area contributed by atoms with Crippen LogP contribution >= 0.6 is 0 Å². The Morgan fingerprint density at radius 2 is 1.88 bits per heavy atom. The third-order valence-corrected chi connectivity index (χ3v) is 2.36. The smallest absolute Gasteiger partial charge is 0.356 e. The molecule has 0 spiro atoms. The first-order valence-electron chi connectivity index (χ1n) is 5.65. The van der Waals surface area contributed by atoms with Gasteiger partial charge in [-0.25, -0.2) is 9.78 Å². The van der Waals surface area contributed by atoms with E-state index in [1.54, 1.807) is 19.1 Å². The molecule has 0 amide bonds. The number of rotatable bonds is 4. The number of ether oxygens (including phenoxy) is 1. The SMILES string of the molecule is CCOC(=O)c1cc(C(C)C)cc(C(C)=O)n1. The standard InChI is InChI=1S/C13H17NO3/c1-5-17-13(16)12-7-10(8(2)3)6-11(14-12)9(4)15/h6-8H,5H2,1-4H3. The van der Waals surface area contributed by atoms with Crippen LogP contribution in [0.15, 0.2) is 12.1 Å². The molecule has 17 heavy (non-hydrogen) atoms. The van der Waals surface area contributed by atoms with Gasteiger partial charge in [-0.1, -0.05) is 13.8 Å². The van der Waals surface area contributed by atoms with Crippen molar-refractivity contribution in [2.45, 2.75) is 33.6 Å². The van der Waals surface area contributed by atoms with Crippen molar-refractivity contribution < 1.29 is 14.3 Å². The normalized spacial score (nSPS) is 10.4. The van der Waals surface area contributed by atoms with Crippen molar-refractivity contribution in [3.05, 3.63) is 29.1 Å². The van der Waals surface area contributed by atoms with Crippen LogP contribution in [-0.4, -0.2) is 23.3 Å². The van der Waals surface area contributed by atoms with Gasteiger partial charge in [0.1, 0.15) is 11.4 Å². The summed E-state index contributed by atoms with van der Waals surface area (Å²) in [5.74, 6) is -0.417. The van der Waals surface area contributed by atoms with Crippen LogP contribution in [0.3, 0.4) is 0 Å². The highest BCUT2D eigenvalue weighted by molar-refractivity contribution is 5.94.